The summed E-state index contributed by atoms with van der Waals surface area (Å²) in [6.07, 6.45) is -2.21. The largest absolute Gasteiger partial charge is 0.497 e. The number of halogens is 3. The summed E-state index contributed by atoms with van der Waals surface area (Å²) in [5, 5.41) is 2.95. The minimum absolute atomic E-state index is 0.150. The summed E-state index contributed by atoms with van der Waals surface area (Å²) >= 11 is 1.35. The van der Waals surface area contributed by atoms with Gasteiger partial charge in [-0.15, -0.1) is 0 Å². The minimum Gasteiger partial charge on any atom is -0.497 e. The number of alkyl carbamates (subject to hydrolysis) is 1. The standard InChI is InChI=1S/C15H16F3N3O3S/c1-23-12-4-2-11(3-5-12)21-8-6-19-13(21)25-9-7-20-14(22)24-10-15(16,17)18/h2-6,8H,7,9-10H2,1H3,(H,20,22). The van der Waals surface area contributed by atoms with Crippen LogP contribution in [-0.2, 0) is 4.74 Å². The number of methoxy groups -OCH3 is 1. The molecule has 0 saturated carbocycles. The zero-order valence-electron chi connectivity index (χ0n) is 13.2. The van der Waals surface area contributed by atoms with Gasteiger partial charge in [0.15, 0.2) is 11.8 Å². The molecule has 0 atom stereocenters. The second kappa shape index (κ2) is 8.65. The van der Waals surface area contributed by atoms with Crippen LogP contribution in [0.5, 0.6) is 5.75 Å². The maximum Gasteiger partial charge on any atom is 0.422 e. The number of aromatic nitrogens is 2. The van der Waals surface area contributed by atoms with Gasteiger partial charge in [-0.25, -0.2) is 9.78 Å². The van der Waals surface area contributed by atoms with Crippen LogP contribution < -0.4 is 10.1 Å². The van der Waals surface area contributed by atoms with E-state index in [1.807, 2.05) is 28.8 Å². The highest BCUT2D eigenvalue weighted by Crippen LogP contribution is 2.22. The first-order chi connectivity index (χ1) is 11.9. The van der Waals surface area contributed by atoms with E-state index < -0.39 is 18.9 Å². The zero-order chi connectivity index (χ0) is 18.3. The molecular weight excluding hydrogens is 359 g/mol. The number of imidazole rings is 1. The average Bonchev–Trinajstić information content (AvgIpc) is 3.05. The second-order valence-corrected chi connectivity index (χ2v) is 5.81. The van der Waals surface area contributed by atoms with Crippen LogP contribution in [0.2, 0.25) is 0 Å². The molecule has 1 N–H and O–H groups in total. The lowest BCUT2D eigenvalue weighted by Gasteiger charge is -2.10. The Labute approximate surface area is 146 Å². The number of hydrogen-bond acceptors (Lipinski definition) is 5. The van der Waals surface area contributed by atoms with E-state index in [4.69, 9.17) is 4.74 Å². The van der Waals surface area contributed by atoms with Crippen molar-refractivity contribution < 1.29 is 27.4 Å². The number of carbonyl (C=O) groups is 1. The van der Waals surface area contributed by atoms with Crippen LogP contribution in [0.3, 0.4) is 0 Å². The van der Waals surface area contributed by atoms with E-state index in [1.54, 1.807) is 19.5 Å². The molecule has 0 fully saturated rings. The molecule has 1 amide bonds. The summed E-state index contributed by atoms with van der Waals surface area (Å²) < 4.78 is 46.7. The fraction of sp³-hybridized carbons (Fsp3) is 0.333. The van der Waals surface area contributed by atoms with Crippen LogP contribution in [0.25, 0.3) is 5.69 Å². The number of rotatable bonds is 7. The molecule has 25 heavy (non-hydrogen) atoms. The van der Waals surface area contributed by atoms with E-state index in [0.717, 1.165) is 11.4 Å². The molecule has 6 nitrogen and oxygen atoms in total. The van der Waals surface area contributed by atoms with Gasteiger partial charge in [-0.2, -0.15) is 13.2 Å². The molecule has 2 rings (SSSR count). The Morgan fingerprint density at radius 3 is 2.68 bits per heavy atom. The monoisotopic (exact) mass is 375 g/mol. The molecule has 0 radical (unpaired) electrons. The molecule has 0 spiro atoms. The Morgan fingerprint density at radius 2 is 2.04 bits per heavy atom. The van der Waals surface area contributed by atoms with Gasteiger partial charge in [0.25, 0.3) is 0 Å². The third-order valence-electron chi connectivity index (χ3n) is 2.93. The number of hydrogen-bond donors (Lipinski definition) is 1. The molecule has 0 bridgehead atoms. The lowest BCUT2D eigenvalue weighted by atomic mass is 10.3. The zero-order valence-corrected chi connectivity index (χ0v) is 14.1. The quantitative estimate of drug-likeness (QED) is 0.594. The first-order valence-electron chi connectivity index (χ1n) is 7.17. The predicted octanol–water partition coefficient (Wildman–Crippen LogP) is 3.26. The third kappa shape index (κ3) is 6.22. The van der Waals surface area contributed by atoms with Crippen molar-refractivity contribution in [2.45, 2.75) is 11.3 Å². The lowest BCUT2D eigenvalue weighted by Crippen LogP contribution is -2.30. The van der Waals surface area contributed by atoms with Gasteiger partial charge in [-0.3, -0.25) is 4.57 Å². The SMILES string of the molecule is COc1ccc(-n2ccnc2SCCNC(=O)OCC(F)(F)F)cc1. The van der Waals surface area contributed by atoms with Crippen molar-refractivity contribution in [1.29, 1.82) is 0 Å². The van der Waals surface area contributed by atoms with Gasteiger partial charge in [-0.05, 0) is 24.3 Å². The van der Waals surface area contributed by atoms with Gasteiger partial charge in [0.05, 0.1) is 7.11 Å². The Hall–Kier alpha value is -2.36. The van der Waals surface area contributed by atoms with E-state index in [1.165, 1.54) is 11.8 Å². The summed E-state index contributed by atoms with van der Waals surface area (Å²) in [5.74, 6) is 1.16. The van der Waals surface area contributed by atoms with Crippen LogP contribution >= 0.6 is 11.8 Å². The third-order valence-corrected chi connectivity index (χ3v) is 3.90. The molecule has 0 aliphatic heterocycles. The lowest BCUT2D eigenvalue weighted by molar-refractivity contribution is -0.160. The van der Waals surface area contributed by atoms with Crippen molar-refractivity contribution in [2.75, 3.05) is 26.0 Å². The molecule has 10 heteroatoms. The Kier molecular flexibility index (Phi) is 6.57. The molecular formula is C15H16F3N3O3S. The summed E-state index contributed by atoms with van der Waals surface area (Å²) in [6, 6.07) is 7.39. The molecule has 0 aliphatic carbocycles. The summed E-state index contributed by atoms with van der Waals surface area (Å²) in [5.41, 5.74) is 0.887. The van der Waals surface area contributed by atoms with E-state index >= 15 is 0 Å². The van der Waals surface area contributed by atoms with Gasteiger partial charge in [-0.1, -0.05) is 11.8 Å². The molecule has 2 aromatic rings. The topological polar surface area (TPSA) is 65.4 Å². The number of alkyl halides is 3. The van der Waals surface area contributed by atoms with Crippen molar-refractivity contribution >= 4 is 17.9 Å². The van der Waals surface area contributed by atoms with Crippen LogP contribution in [0.4, 0.5) is 18.0 Å². The maximum atomic E-state index is 11.9. The van der Waals surface area contributed by atoms with Crippen molar-refractivity contribution in [3.8, 4) is 11.4 Å². The van der Waals surface area contributed by atoms with Gasteiger partial charge >= 0.3 is 12.3 Å². The number of benzene rings is 1. The van der Waals surface area contributed by atoms with E-state index in [0.29, 0.717) is 10.9 Å². The first kappa shape index (κ1) is 19.0. The normalized spacial score (nSPS) is 11.2. The molecule has 136 valence electrons. The van der Waals surface area contributed by atoms with E-state index in [2.05, 4.69) is 15.0 Å². The molecule has 1 aromatic heterocycles. The molecule has 1 heterocycles. The highest BCUT2D eigenvalue weighted by atomic mass is 32.2. The van der Waals surface area contributed by atoms with E-state index in [-0.39, 0.29) is 6.54 Å². The number of nitrogens with zero attached hydrogens (tertiary/aromatic N) is 2. The van der Waals surface area contributed by atoms with Gasteiger partial charge in [0.2, 0.25) is 0 Å². The molecule has 1 aromatic carbocycles. The highest BCUT2D eigenvalue weighted by molar-refractivity contribution is 7.99. The van der Waals surface area contributed by atoms with Gasteiger partial charge < -0.3 is 14.8 Å². The van der Waals surface area contributed by atoms with Crippen LogP contribution in [0, 0.1) is 0 Å². The number of nitrogens with one attached hydrogen (secondary N) is 1. The Bertz CT molecular complexity index is 689. The van der Waals surface area contributed by atoms with Crippen LogP contribution in [-0.4, -0.2) is 47.8 Å². The van der Waals surface area contributed by atoms with Crippen molar-refractivity contribution in [2.24, 2.45) is 0 Å². The van der Waals surface area contributed by atoms with Gasteiger partial charge in [0, 0.05) is 30.4 Å². The van der Waals surface area contributed by atoms with Crippen molar-refractivity contribution in [1.82, 2.24) is 14.9 Å². The smallest absolute Gasteiger partial charge is 0.422 e. The average molecular weight is 375 g/mol. The van der Waals surface area contributed by atoms with Gasteiger partial charge in [0.1, 0.15) is 5.75 Å². The molecule has 0 saturated heterocycles. The van der Waals surface area contributed by atoms with E-state index in [9.17, 15) is 18.0 Å². The summed E-state index contributed by atoms with van der Waals surface area (Å²) in [4.78, 5) is 15.3. The fourth-order valence-corrected chi connectivity index (χ4v) is 2.66. The Balaban J connectivity index is 1.80. The number of ether oxygens (including phenoxy) is 2. The number of amides is 1. The molecule has 0 aliphatic rings. The van der Waals surface area contributed by atoms with Crippen molar-refractivity contribution in [3.63, 3.8) is 0 Å². The second-order valence-electron chi connectivity index (χ2n) is 4.74. The van der Waals surface area contributed by atoms with Crippen LogP contribution in [0.1, 0.15) is 0 Å². The summed E-state index contributed by atoms with van der Waals surface area (Å²) in [7, 11) is 1.58. The Morgan fingerprint density at radius 1 is 1.32 bits per heavy atom. The minimum atomic E-state index is -4.53. The van der Waals surface area contributed by atoms with Crippen molar-refractivity contribution in [3.05, 3.63) is 36.7 Å². The highest BCUT2D eigenvalue weighted by Gasteiger charge is 2.29. The fourth-order valence-electron chi connectivity index (χ4n) is 1.83. The predicted molar refractivity (Wildman–Crippen MR) is 86.2 cm³/mol. The maximum absolute atomic E-state index is 11.9. The molecule has 0 unspecified atom stereocenters. The summed E-state index contributed by atoms with van der Waals surface area (Å²) in [6.45, 7) is -1.45. The number of thioether (sulfide) groups is 1. The first-order valence-corrected chi connectivity index (χ1v) is 8.15. The van der Waals surface area contributed by atoms with Crippen LogP contribution in [0.15, 0.2) is 41.8 Å². The number of carbonyl (C=O) groups excluding carboxylic acids is 1.